The van der Waals surface area contributed by atoms with E-state index in [0.29, 0.717) is 18.2 Å². The quantitative estimate of drug-likeness (QED) is 0.940. The summed E-state index contributed by atoms with van der Waals surface area (Å²) < 4.78 is 7.38. The zero-order valence-electron chi connectivity index (χ0n) is 12.3. The van der Waals surface area contributed by atoms with E-state index in [0.717, 1.165) is 18.6 Å². The zero-order valence-corrected chi connectivity index (χ0v) is 12.3. The van der Waals surface area contributed by atoms with E-state index in [-0.39, 0.29) is 11.9 Å². The number of carbonyl (C=O) groups is 1. The summed E-state index contributed by atoms with van der Waals surface area (Å²) in [6.07, 6.45) is 8.17. The molecule has 1 N–H and O–H groups in total. The van der Waals surface area contributed by atoms with Gasteiger partial charge in [0.05, 0.1) is 6.54 Å². The molecule has 1 fully saturated rings. The summed E-state index contributed by atoms with van der Waals surface area (Å²) in [6.45, 7) is 2.79. The molecule has 1 saturated carbocycles. The van der Waals surface area contributed by atoms with Crippen molar-refractivity contribution in [3.63, 3.8) is 0 Å². The maximum Gasteiger partial charge on any atom is 0.287 e. The Morgan fingerprint density at radius 1 is 1.48 bits per heavy atom. The van der Waals surface area contributed by atoms with Crippen LogP contribution in [0.4, 0.5) is 0 Å². The summed E-state index contributed by atoms with van der Waals surface area (Å²) >= 11 is 0. The fraction of sp³-hybridized carbons (Fsp3) is 0.500. The van der Waals surface area contributed by atoms with Crippen LogP contribution in [0.2, 0.25) is 0 Å². The molecule has 5 heteroatoms. The Hall–Kier alpha value is -2.04. The molecule has 21 heavy (non-hydrogen) atoms. The SMILES string of the molecule is C[C@@H]1CCC[C@@H](NC(=O)c2ccc(Cn3cccn3)o2)C1. The molecule has 3 rings (SSSR count). The second-order valence-corrected chi connectivity index (χ2v) is 5.91. The third-order valence-electron chi connectivity index (χ3n) is 4.03. The molecule has 2 aromatic rings. The Morgan fingerprint density at radius 3 is 3.14 bits per heavy atom. The minimum Gasteiger partial charge on any atom is -0.454 e. The van der Waals surface area contributed by atoms with E-state index in [9.17, 15) is 4.79 Å². The Morgan fingerprint density at radius 2 is 2.38 bits per heavy atom. The van der Waals surface area contributed by atoms with E-state index in [2.05, 4.69) is 17.3 Å². The molecule has 0 bridgehead atoms. The van der Waals surface area contributed by atoms with E-state index in [1.54, 1.807) is 16.9 Å². The molecule has 0 spiro atoms. The first kappa shape index (κ1) is 13.9. The second-order valence-electron chi connectivity index (χ2n) is 5.91. The summed E-state index contributed by atoms with van der Waals surface area (Å²) in [5, 5.41) is 7.21. The largest absolute Gasteiger partial charge is 0.454 e. The van der Waals surface area contributed by atoms with Crippen LogP contribution in [0.5, 0.6) is 0 Å². The Balaban J connectivity index is 1.58. The zero-order chi connectivity index (χ0) is 14.7. The Kier molecular flexibility index (Phi) is 4.08. The maximum atomic E-state index is 12.2. The predicted octanol–water partition coefficient (Wildman–Crippen LogP) is 2.83. The van der Waals surface area contributed by atoms with Gasteiger partial charge in [0.25, 0.3) is 5.91 Å². The van der Waals surface area contributed by atoms with Gasteiger partial charge in [0.1, 0.15) is 5.76 Å². The van der Waals surface area contributed by atoms with Crippen LogP contribution in [0.3, 0.4) is 0 Å². The molecule has 0 radical (unpaired) electrons. The van der Waals surface area contributed by atoms with Crippen molar-refractivity contribution in [3.05, 3.63) is 42.1 Å². The standard InChI is InChI=1S/C16H21N3O2/c1-12-4-2-5-13(10-12)18-16(20)15-7-6-14(21-15)11-19-9-3-8-17-19/h3,6-9,12-13H,2,4-5,10-11H2,1H3,(H,18,20)/t12-,13-/m1/s1. The normalized spacial score (nSPS) is 22.1. The summed E-state index contributed by atoms with van der Waals surface area (Å²) in [6, 6.07) is 5.71. The summed E-state index contributed by atoms with van der Waals surface area (Å²) in [7, 11) is 0. The smallest absolute Gasteiger partial charge is 0.287 e. The first-order valence-corrected chi connectivity index (χ1v) is 7.57. The van der Waals surface area contributed by atoms with Crippen molar-refractivity contribution in [1.29, 1.82) is 0 Å². The molecule has 1 aliphatic carbocycles. The molecule has 2 atom stereocenters. The van der Waals surface area contributed by atoms with Crippen LogP contribution in [0.1, 0.15) is 48.9 Å². The van der Waals surface area contributed by atoms with E-state index >= 15 is 0 Å². The molecule has 0 saturated heterocycles. The highest BCUT2D eigenvalue weighted by atomic mass is 16.4. The van der Waals surface area contributed by atoms with Crippen molar-refractivity contribution in [2.24, 2.45) is 5.92 Å². The number of aromatic nitrogens is 2. The number of carbonyl (C=O) groups excluding carboxylic acids is 1. The molecule has 1 amide bonds. The fourth-order valence-electron chi connectivity index (χ4n) is 2.96. The number of hydrogen-bond acceptors (Lipinski definition) is 3. The summed E-state index contributed by atoms with van der Waals surface area (Å²) in [5.41, 5.74) is 0. The lowest BCUT2D eigenvalue weighted by molar-refractivity contribution is 0.0891. The van der Waals surface area contributed by atoms with Gasteiger partial charge in [-0.05, 0) is 37.0 Å². The van der Waals surface area contributed by atoms with Crippen molar-refractivity contribution in [2.75, 3.05) is 0 Å². The molecule has 0 unspecified atom stereocenters. The van der Waals surface area contributed by atoms with Crippen LogP contribution in [-0.4, -0.2) is 21.7 Å². The van der Waals surface area contributed by atoms with Crippen LogP contribution < -0.4 is 5.32 Å². The highest BCUT2D eigenvalue weighted by Crippen LogP contribution is 2.23. The maximum absolute atomic E-state index is 12.2. The third-order valence-corrected chi connectivity index (χ3v) is 4.03. The van der Waals surface area contributed by atoms with Crippen LogP contribution >= 0.6 is 0 Å². The minimum absolute atomic E-state index is 0.110. The third kappa shape index (κ3) is 3.54. The first-order valence-electron chi connectivity index (χ1n) is 7.57. The lowest BCUT2D eigenvalue weighted by atomic mass is 9.87. The van der Waals surface area contributed by atoms with E-state index in [1.807, 2.05) is 18.3 Å². The minimum atomic E-state index is -0.110. The van der Waals surface area contributed by atoms with Gasteiger partial charge in [0.15, 0.2) is 5.76 Å². The van der Waals surface area contributed by atoms with Crippen molar-refractivity contribution in [1.82, 2.24) is 15.1 Å². The average Bonchev–Trinajstić information content (AvgIpc) is 3.11. The number of nitrogens with one attached hydrogen (secondary N) is 1. The van der Waals surface area contributed by atoms with Gasteiger partial charge in [-0.2, -0.15) is 5.10 Å². The lowest BCUT2D eigenvalue weighted by Gasteiger charge is -2.27. The van der Waals surface area contributed by atoms with Gasteiger partial charge in [0, 0.05) is 18.4 Å². The molecular weight excluding hydrogens is 266 g/mol. The first-order chi connectivity index (χ1) is 10.2. The molecule has 0 aromatic carbocycles. The summed E-state index contributed by atoms with van der Waals surface area (Å²) in [4.78, 5) is 12.2. The van der Waals surface area contributed by atoms with Crippen LogP contribution in [-0.2, 0) is 6.54 Å². The number of furan rings is 1. The van der Waals surface area contributed by atoms with Crippen molar-refractivity contribution < 1.29 is 9.21 Å². The van der Waals surface area contributed by atoms with Gasteiger partial charge in [-0.25, -0.2) is 0 Å². The van der Waals surface area contributed by atoms with Gasteiger partial charge in [-0.1, -0.05) is 19.8 Å². The second kappa shape index (κ2) is 6.16. The number of nitrogens with zero attached hydrogens (tertiary/aromatic N) is 2. The number of hydrogen-bond donors (Lipinski definition) is 1. The van der Waals surface area contributed by atoms with E-state index < -0.39 is 0 Å². The highest BCUT2D eigenvalue weighted by Gasteiger charge is 2.22. The van der Waals surface area contributed by atoms with Gasteiger partial charge >= 0.3 is 0 Å². The number of rotatable bonds is 4. The molecule has 2 heterocycles. The van der Waals surface area contributed by atoms with Crippen molar-refractivity contribution in [3.8, 4) is 0 Å². The number of amides is 1. The molecule has 1 aliphatic rings. The monoisotopic (exact) mass is 287 g/mol. The fourth-order valence-corrected chi connectivity index (χ4v) is 2.96. The molecule has 0 aliphatic heterocycles. The topological polar surface area (TPSA) is 60.1 Å². The van der Waals surface area contributed by atoms with Gasteiger partial charge in [-0.3, -0.25) is 9.48 Å². The molecule has 112 valence electrons. The Bertz CT molecular complexity index is 588. The molecular formula is C16H21N3O2. The van der Waals surface area contributed by atoms with Crippen LogP contribution in [0.25, 0.3) is 0 Å². The Labute approximate surface area is 124 Å². The van der Waals surface area contributed by atoms with Gasteiger partial charge in [-0.15, -0.1) is 0 Å². The van der Waals surface area contributed by atoms with E-state index in [1.165, 1.54) is 12.8 Å². The summed E-state index contributed by atoms with van der Waals surface area (Å²) in [5.74, 6) is 1.70. The molecule has 5 nitrogen and oxygen atoms in total. The van der Waals surface area contributed by atoms with Gasteiger partial charge < -0.3 is 9.73 Å². The predicted molar refractivity (Wildman–Crippen MR) is 78.9 cm³/mol. The van der Waals surface area contributed by atoms with Crippen LogP contribution in [0, 0.1) is 5.92 Å². The lowest BCUT2D eigenvalue weighted by Crippen LogP contribution is -2.37. The van der Waals surface area contributed by atoms with Crippen molar-refractivity contribution in [2.45, 2.75) is 45.2 Å². The highest BCUT2D eigenvalue weighted by molar-refractivity contribution is 5.91. The van der Waals surface area contributed by atoms with Crippen LogP contribution in [0.15, 0.2) is 35.0 Å². The van der Waals surface area contributed by atoms with Crippen molar-refractivity contribution >= 4 is 5.91 Å². The van der Waals surface area contributed by atoms with E-state index in [4.69, 9.17) is 4.42 Å². The average molecular weight is 287 g/mol. The van der Waals surface area contributed by atoms with Gasteiger partial charge in [0.2, 0.25) is 0 Å². The molecule has 2 aromatic heterocycles.